The van der Waals surface area contributed by atoms with Crippen molar-refractivity contribution in [2.45, 2.75) is 73.1 Å². The van der Waals surface area contributed by atoms with Crippen LogP contribution in [0.1, 0.15) is 76.8 Å². The second kappa shape index (κ2) is 10.6. The summed E-state index contributed by atoms with van der Waals surface area (Å²) in [5.41, 5.74) is 6.79. The van der Waals surface area contributed by atoms with Crippen LogP contribution < -0.4 is 0 Å². The Kier molecular flexibility index (Phi) is 7.90. The summed E-state index contributed by atoms with van der Waals surface area (Å²) >= 11 is 0. The van der Waals surface area contributed by atoms with E-state index in [1.165, 1.54) is 60.1 Å². The molecule has 1 aliphatic rings. The SMILES string of the molecule is CC=C(C)C1CC=CC=C1c1nccn1-c1ccc(CCC(CC)CCC)c(C)c1. The van der Waals surface area contributed by atoms with Gasteiger partial charge in [-0.25, -0.2) is 4.98 Å². The molecule has 1 aromatic carbocycles. The molecule has 0 bridgehead atoms. The van der Waals surface area contributed by atoms with Gasteiger partial charge in [0.2, 0.25) is 0 Å². The van der Waals surface area contributed by atoms with Gasteiger partial charge in [0.1, 0.15) is 5.82 Å². The molecule has 1 aromatic heterocycles. The summed E-state index contributed by atoms with van der Waals surface area (Å²) in [5, 5.41) is 0. The molecule has 0 fully saturated rings. The zero-order valence-corrected chi connectivity index (χ0v) is 19.5. The minimum Gasteiger partial charge on any atom is -0.300 e. The molecule has 1 aliphatic carbocycles. The van der Waals surface area contributed by atoms with Gasteiger partial charge in [0, 0.05) is 29.6 Å². The first kappa shape index (κ1) is 22.3. The molecular weight excluding hydrogens is 364 g/mol. The van der Waals surface area contributed by atoms with Crippen LogP contribution in [0, 0.1) is 18.8 Å². The number of nitrogens with zero attached hydrogens (tertiary/aromatic N) is 2. The lowest BCUT2D eigenvalue weighted by molar-refractivity contribution is 0.432. The van der Waals surface area contributed by atoms with E-state index >= 15 is 0 Å². The highest BCUT2D eigenvalue weighted by molar-refractivity contribution is 5.69. The second-order valence-electron chi connectivity index (χ2n) is 8.70. The van der Waals surface area contributed by atoms with Gasteiger partial charge in [-0.2, -0.15) is 0 Å². The molecule has 0 saturated carbocycles. The van der Waals surface area contributed by atoms with Gasteiger partial charge in [-0.1, -0.05) is 69.1 Å². The van der Waals surface area contributed by atoms with Crippen LogP contribution in [-0.4, -0.2) is 9.55 Å². The number of rotatable bonds is 9. The van der Waals surface area contributed by atoms with Gasteiger partial charge in [0.05, 0.1) is 0 Å². The quantitative estimate of drug-likeness (QED) is 0.390. The van der Waals surface area contributed by atoms with E-state index in [9.17, 15) is 0 Å². The summed E-state index contributed by atoms with van der Waals surface area (Å²) in [5.74, 6) is 2.32. The van der Waals surface area contributed by atoms with Crippen molar-refractivity contribution in [1.29, 1.82) is 0 Å². The maximum atomic E-state index is 4.76. The fourth-order valence-electron chi connectivity index (χ4n) is 4.65. The number of imidazole rings is 1. The average molecular weight is 403 g/mol. The van der Waals surface area contributed by atoms with Crippen LogP contribution in [-0.2, 0) is 6.42 Å². The monoisotopic (exact) mass is 402 g/mol. The van der Waals surface area contributed by atoms with Gasteiger partial charge >= 0.3 is 0 Å². The maximum Gasteiger partial charge on any atom is 0.140 e. The molecule has 0 amide bonds. The Morgan fingerprint density at radius 3 is 2.80 bits per heavy atom. The predicted molar refractivity (Wildman–Crippen MR) is 130 cm³/mol. The molecule has 30 heavy (non-hydrogen) atoms. The Hall–Kier alpha value is -2.35. The lowest BCUT2D eigenvalue weighted by Crippen LogP contribution is -2.11. The minimum atomic E-state index is 0.408. The van der Waals surface area contributed by atoms with Crippen LogP contribution in [0.3, 0.4) is 0 Å². The van der Waals surface area contributed by atoms with Crippen molar-refractivity contribution in [3.8, 4) is 5.69 Å². The van der Waals surface area contributed by atoms with Crippen molar-refractivity contribution >= 4 is 5.57 Å². The van der Waals surface area contributed by atoms with Crippen LogP contribution in [0.2, 0.25) is 0 Å². The molecule has 0 spiro atoms. The molecule has 0 radical (unpaired) electrons. The summed E-state index contributed by atoms with van der Waals surface area (Å²) in [6, 6.07) is 6.93. The predicted octanol–water partition coefficient (Wildman–Crippen LogP) is 7.87. The molecule has 160 valence electrons. The van der Waals surface area contributed by atoms with Gasteiger partial charge < -0.3 is 4.57 Å². The molecule has 2 heteroatoms. The summed E-state index contributed by atoms with van der Waals surface area (Å²) < 4.78 is 2.25. The molecule has 2 aromatic rings. The molecule has 0 saturated heterocycles. The number of hydrogen-bond donors (Lipinski definition) is 0. The first-order valence-corrected chi connectivity index (χ1v) is 11.7. The van der Waals surface area contributed by atoms with E-state index in [0.29, 0.717) is 5.92 Å². The van der Waals surface area contributed by atoms with Crippen molar-refractivity contribution in [2.75, 3.05) is 0 Å². The fourth-order valence-corrected chi connectivity index (χ4v) is 4.65. The lowest BCUT2D eigenvalue weighted by atomic mass is 9.85. The van der Waals surface area contributed by atoms with Crippen molar-refractivity contribution in [2.24, 2.45) is 11.8 Å². The Labute approximate surface area is 183 Å². The Bertz CT molecular complexity index is 926. The Morgan fingerprint density at radius 1 is 1.27 bits per heavy atom. The molecule has 2 nitrogen and oxygen atoms in total. The molecule has 2 atom stereocenters. The second-order valence-corrected chi connectivity index (χ2v) is 8.70. The van der Waals surface area contributed by atoms with Crippen molar-refractivity contribution in [3.63, 3.8) is 0 Å². The third kappa shape index (κ3) is 5.03. The highest BCUT2D eigenvalue weighted by Crippen LogP contribution is 2.35. The average Bonchev–Trinajstić information content (AvgIpc) is 3.26. The summed E-state index contributed by atoms with van der Waals surface area (Å²) in [4.78, 5) is 4.76. The van der Waals surface area contributed by atoms with Gasteiger partial charge in [-0.15, -0.1) is 0 Å². The highest BCUT2D eigenvalue weighted by Gasteiger charge is 2.22. The number of hydrogen-bond acceptors (Lipinski definition) is 1. The standard InChI is InChI=1S/C28H38N2/c1-6-11-23(8-3)14-15-24-16-17-25(20-22(24)5)30-19-18-29-28(30)27-13-10-9-12-26(27)21(4)7-2/h7,9-10,13,16-20,23,26H,6,8,11-12,14-15H2,1-5H3. The van der Waals surface area contributed by atoms with E-state index in [1.54, 1.807) is 0 Å². The third-order valence-corrected chi connectivity index (χ3v) is 6.76. The minimum absolute atomic E-state index is 0.408. The summed E-state index contributed by atoms with van der Waals surface area (Å²) in [7, 11) is 0. The first-order chi connectivity index (χ1) is 14.6. The van der Waals surface area contributed by atoms with Crippen molar-refractivity contribution in [3.05, 3.63) is 77.4 Å². The van der Waals surface area contributed by atoms with Crippen LogP contribution >= 0.6 is 0 Å². The zero-order chi connectivity index (χ0) is 21.5. The van der Waals surface area contributed by atoms with Crippen molar-refractivity contribution < 1.29 is 0 Å². The molecule has 1 heterocycles. The van der Waals surface area contributed by atoms with E-state index in [4.69, 9.17) is 4.98 Å². The van der Waals surface area contributed by atoms with E-state index in [1.807, 2.05) is 6.20 Å². The van der Waals surface area contributed by atoms with E-state index in [0.717, 1.165) is 18.2 Å². The number of aryl methyl sites for hydroxylation is 2. The smallest absolute Gasteiger partial charge is 0.140 e. The largest absolute Gasteiger partial charge is 0.300 e. The van der Waals surface area contributed by atoms with Gasteiger partial charge in [0.15, 0.2) is 0 Å². The van der Waals surface area contributed by atoms with Crippen LogP contribution in [0.4, 0.5) is 0 Å². The number of allylic oxidation sites excluding steroid dienone is 6. The normalized spacial score (nSPS) is 17.8. The zero-order valence-electron chi connectivity index (χ0n) is 19.5. The van der Waals surface area contributed by atoms with Gasteiger partial charge in [0.25, 0.3) is 0 Å². The Morgan fingerprint density at radius 2 is 2.10 bits per heavy atom. The highest BCUT2D eigenvalue weighted by atomic mass is 15.1. The lowest BCUT2D eigenvalue weighted by Gasteiger charge is -2.23. The molecular formula is C28H38N2. The maximum absolute atomic E-state index is 4.76. The van der Waals surface area contributed by atoms with Crippen molar-refractivity contribution in [1.82, 2.24) is 9.55 Å². The number of benzene rings is 1. The summed E-state index contributed by atoms with van der Waals surface area (Å²) in [6.45, 7) is 11.2. The van der Waals surface area contributed by atoms with Crippen LogP contribution in [0.25, 0.3) is 11.3 Å². The topological polar surface area (TPSA) is 17.8 Å². The van der Waals surface area contributed by atoms with Gasteiger partial charge in [-0.05, 0) is 69.2 Å². The molecule has 3 rings (SSSR count). The van der Waals surface area contributed by atoms with E-state index in [-0.39, 0.29) is 0 Å². The van der Waals surface area contributed by atoms with E-state index < -0.39 is 0 Å². The fraction of sp³-hybridized carbons (Fsp3) is 0.464. The molecule has 2 unspecified atom stereocenters. The Balaban J connectivity index is 1.85. The molecule has 0 N–H and O–H groups in total. The summed E-state index contributed by atoms with van der Waals surface area (Å²) in [6.07, 6.45) is 20.4. The number of aromatic nitrogens is 2. The first-order valence-electron chi connectivity index (χ1n) is 11.7. The van der Waals surface area contributed by atoms with Crippen LogP contribution in [0.5, 0.6) is 0 Å². The van der Waals surface area contributed by atoms with Gasteiger partial charge in [-0.3, -0.25) is 0 Å². The third-order valence-electron chi connectivity index (χ3n) is 6.76. The molecule has 0 aliphatic heterocycles. The van der Waals surface area contributed by atoms with E-state index in [2.05, 4.69) is 87.9 Å². The van der Waals surface area contributed by atoms with Crippen LogP contribution in [0.15, 0.2) is 60.5 Å².